The van der Waals surface area contributed by atoms with E-state index in [9.17, 15) is 14.9 Å². The highest BCUT2D eigenvalue weighted by atomic mass is 16.6. The van der Waals surface area contributed by atoms with Crippen molar-refractivity contribution in [1.82, 2.24) is 0 Å². The Hall–Kier alpha value is -2.89. The maximum absolute atomic E-state index is 11.5. The van der Waals surface area contributed by atoms with Gasteiger partial charge in [0.25, 0.3) is 5.69 Å². The van der Waals surface area contributed by atoms with E-state index in [1.807, 2.05) is 30.3 Å². The Morgan fingerprint density at radius 1 is 1.24 bits per heavy atom. The van der Waals surface area contributed by atoms with Crippen LogP contribution in [0.15, 0.2) is 48.5 Å². The van der Waals surface area contributed by atoms with Gasteiger partial charge in [-0.2, -0.15) is 0 Å². The van der Waals surface area contributed by atoms with Gasteiger partial charge in [0.05, 0.1) is 17.6 Å². The number of carbonyl (C=O) groups is 1. The molecule has 0 aliphatic rings. The fourth-order valence-corrected chi connectivity index (χ4v) is 1.85. The molecule has 0 fully saturated rings. The first-order valence-electron chi connectivity index (χ1n) is 6.26. The Morgan fingerprint density at radius 2 is 1.95 bits per heavy atom. The summed E-state index contributed by atoms with van der Waals surface area (Å²) in [7, 11) is 1.23. The SMILES string of the molecule is COC(=O)c1cc(NCc2ccccc2)cc([N+](=O)[O-])c1. The number of benzene rings is 2. The summed E-state index contributed by atoms with van der Waals surface area (Å²) in [6.07, 6.45) is 0. The number of non-ortho nitro benzene ring substituents is 1. The van der Waals surface area contributed by atoms with E-state index in [1.165, 1.54) is 25.3 Å². The number of esters is 1. The smallest absolute Gasteiger partial charge is 0.338 e. The highest BCUT2D eigenvalue weighted by molar-refractivity contribution is 5.91. The van der Waals surface area contributed by atoms with Gasteiger partial charge in [-0.25, -0.2) is 4.79 Å². The van der Waals surface area contributed by atoms with Gasteiger partial charge in [0.1, 0.15) is 0 Å². The van der Waals surface area contributed by atoms with E-state index in [4.69, 9.17) is 0 Å². The number of nitro benzene ring substituents is 1. The molecule has 0 amide bonds. The Labute approximate surface area is 121 Å². The van der Waals surface area contributed by atoms with E-state index in [2.05, 4.69) is 10.1 Å². The van der Waals surface area contributed by atoms with Crippen LogP contribution in [0.25, 0.3) is 0 Å². The molecule has 0 saturated carbocycles. The van der Waals surface area contributed by atoms with Crippen LogP contribution in [0.5, 0.6) is 0 Å². The Morgan fingerprint density at radius 3 is 2.57 bits per heavy atom. The molecule has 2 aromatic rings. The van der Waals surface area contributed by atoms with Crippen LogP contribution >= 0.6 is 0 Å². The second kappa shape index (κ2) is 6.51. The Balaban J connectivity index is 2.23. The van der Waals surface area contributed by atoms with Gasteiger partial charge >= 0.3 is 5.97 Å². The summed E-state index contributed by atoms with van der Waals surface area (Å²) in [5, 5.41) is 14.0. The molecule has 0 heterocycles. The van der Waals surface area contributed by atoms with E-state index < -0.39 is 10.9 Å². The minimum absolute atomic E-state index is 0.141. The van der Waals surface area contributed by atoms with Crippen LogP contribution in [0.4, 0.5) is 11.4 Å². The average molecular weight is 286 g/mol. The maximum Gasteiger partial charge on any atom is 0.338 e. The van der Waals surface area contributed by atoms with Crippen LogP contribution in [0.3, 0.4) is 0 Å². The first kappa shape index (κ1) is 14.5. The summed E-state index contributed by atoms with van der Waals surface area (Å²) in [5.74, 6) is -0.610. The number of ether oxygens (including phenoxy) is 1. The summed E-state index contributed by atoms with van der Waals surface area (Å²) < 4.78 is 4.60. The first-order valence-corrected chi connectivity index (χ1v) is 6.26. The van der Waals surface area contributed by atoms with Crippen LogP contribution in [-0.4, -0.2) is 18.0 Å². The minimum atomic E-state index is -0.610. The number of nitrogens with one attached hydrogen (secondary N) is 1. The fraction of sp³-hybridized carbons (Fsp3) is 0.133. The zero-order valence-corrected chi connectivity index (χ0v) is 11.4. The molecule has 0 saturated heterocycles. The van der Waals surface area contributed by atoms with Crippen LogP contribution in [-0.2, 0) is 11.3 Å². The van der Waals surface area contributed by atoms with Crippen molar-refractivity contribution in [1.29, 1.82) is 0 Å². The molecule has 0 unspecified atom stereocenters. The number of hydrogen-bond acceptors (Lipinski definition) is 5. The molecule has 21 heavy (non-hydrogen) atoms. The second-order valence-electron chi connectivity index (χ2n) is 4.36. The summed E-state index contributed by atoms with van der Waals surface area (Å²) in [6.45, 7) is 0.503. The molecular weight excluding hydrogens is 272 g/mol. The fourth-order valence-electron chi connectivity index (χ4n) is 1.85. The third-order valence-corrected chi connectivity index (χ3v) is 2.89. The van der Waals surface area contributed by atoms with E-state index in [0.717, 1.165) is 5.56 Å². The van der Waals surface area contributed by atoms with Gasteiger partial charge in [-0.05, 0) is 11.6 Å². The number of anilines is 1. The van der Waals surface area contributed by atoms with Crippen molar-refractivity contribution < 1.29 is 14.5 Å². The van der Waals surface area contributed by atoms with Crippen molar-refractivity contribution in [3.63, 3.8) is 0 Å². The van der Waals surface area contributed by atoms with Gasteiger partial charge in [-0.3, -0.25) is 10.1 Å². The molecule has 6 nitrogen and oxygen atoms in total. The number of carbonyl (C=O) groups excluding carboxylic acids is 1. The number of rotatable bonds is 5. The van der Waals surface area contributed by atoms with Crippen LogP contribution in [0.1, 0.15) is 15.9 Å². The standard InChI is InChI=1S/C15H14N2O4/c1-21-15(18)12-7-13(9-14(8-12)17(19)20)16-10-11-5-3-2-4-6-11/h2-9,16H,10H2,1H3. The van der Waals surface area contributed by atoms with Gasteiger partial charge in [0.15, 0.2) is 0 Å². The molecule has 0 bridgehead atoms. The molecule has 1 N–H and O–H groups in total. The van der Waals surface area contributed by atoms with Crippen LogP contribution < -0.4 is 5.32 Å². The van der Waals surface area contributed by atoms with Gasteiger partial charge in [0.2, 0.25) is 0 Å². The van der Waals surface area contributed by atoms with Crippen molar-refractivity contribution in [3.8, 4) is 0 Å². The molecule has 0 radical (unpaired) electrons. The molecule has 0 aliphatic carbocycles. The first-order chi connectivity index (χ1) is 10.1. The lowest BCUT2D eigenvalue weighted by Crippen LogP contribution is -2.05. The van der Waals surface area contributed by atoms with Crippen LogP contribution in [0.2, 0.25) is 0 Å². The molecule has 0 aliphatic heterocycles. The molecule has 2 aromatic carbocycles. The quantitative estimate of drug-likeness (QED) is 0.519. The predicted molar refractivity (Wildman–Crippen MR) is 78.2 cm³/mol. The molecule has 0 aromatic heterocycles. The molecule has 108 valence electrons. The van der Waals surface area contributed by atoms with Gasteiger partial charge < -0.3 is 10.1 Å². The zero-order chi connectivity index (χ0) is 15.2. The van der Waals surface area contributed by atoms with Crippen molar-refractivity contribution in [2.75, 3.05) is 12.4 Å². The summed E-state index contributed by atoms with van der Waals surface area (Å²) in [5.41, 5.74) is 1.51. The largest absolute Gasteiger partial charge is 0.465 e. The van der Waals surface area contributed by atoms with Gasteiger partial charge in [-0.1, -0.05) is 30.3 Å². The third-order valence-electron chi connectivity index (χ3n) is 2.89. The molecule has 2 rings (SSSR count). The zero-order valence-electron chi connectivity index (χ0n) is 11.4. The highest BCUT2D eigenvalue weighted by Gasteiger charge is 2.14. The molecule has 0 atom stereocenters. The van der Waals surface area contributed by atoms with Crippen molar-refractivity contribution in [3.05, 3.63) is 69.8 Å². The number of hydrogen-bond donors (Lipinski definition) is 1. The number of nitro groups is 1. The van der Waals surface area contributed by atoms with Crippen molar-refractivity contribution >= 4 is 17.3 Å². The van der Waals surface area contributed by atoms with Gasteiger partial charge in [-0.15, -0.1) is 0 Å². The predicted octanol–water partition coefficient (Wildman–Crippen LogP) is 2.99. The van der Waals surface area contributed by atoms with Crippen molar-refractivity contribution in [2.45, 2.75) is 6.54 Å². The topological polar surface area (TPSA) is 81.5 Å². The lowest BCUT2D eigenvalue weighted by Gasteiger charge is -2.08. The average Bonchev–Trinajstić information content (AvgIpc) is 2.52. The minimum Gasteiger partial charge on any atom is -0.465 e. The Kier molecular flexibility index (Phi) is 4.50. The number of nitrogens with zero attached hydrogens (tertiary/aromatic N) is 1. The highest BCUT2D eigenvalue weighted by Crippen LogP contribution is 2.22. The molecule has 6 heteroatoms. The molecule has 0 spiro atoms. The Bertz CT molecular complexity index is 656. The van der Waals surface area contributed by atoms with E-state index in [-0.39, 0.29) is 11.3 Å². The summed E-state index contributed by atoms with van der Waals surface area (Å²) in [4.78, 5) is 21.9. The number of methoxy groups -OCH3 is 1. The van der Waals surface area contributed by atoms with E-state index >= 15 is 0 Å². The third kappa shape index (κ3) is 3.79. The van der Waals surface area contributed by atoms with Gasteiger partial charge in [0, 0.05) is 24.4 Å². The van der Waals surface area contributed by atoms with E-state index in [0.29, 0.717) is 12.2 Å². The lowest BCUT2D eigenvalue weighted by atomic mass is 10.1. The second-order valence-corrected chi connectivity index (χ2v) is 4.36. The summed E-state index contributed by atoms with van der Waals surface area (Å²) >= 11 is 0. The molecular formula is C15H14N2O4. The van der Waals surface area contributed by atoms with Crippen LogP contribution in [0, 0.1) is 10.1 Å². The maximum atomic E-state index is 11.5. The monoisotopic (exact) mass is 286 g/mol. The lowest BCUT2D eigenvalue weighted by molar-refractivity contribution is -0.384. The summed E-state index contributed by atoms with van der Waals surface area (Å²) in [6, 6.07) is 13.7. The van der Waals surface area contributed by atoms with E-state index in [1.54, 1.807) is 0 Å². The van der Waals surface area contributed by atoms with Crippen molar-refractivity contribution in [2.24, 2.45) is 0 Å². The normalized spacial score (nSPS) is 9.95.